The Labute approximate surface area is 358 Å². The maximum absolute atomic E-state index is 16.2. The summed E-state index contributed by atoms with van der Waals surface area (Å²) in [5.41, 5.74) is 11.8. The minimum Gasteiger partial charge on any atom is -0.426 e. The molecule has 320 valence electrons. The maximum Gasteiger partial charge on any atom is 0.391 e. The zero-order valence-electron chi connectivity index (χ0n) is 40.2. The Morgan fingerprint density at radius 2 is 0.949 bits per heavy atom. The van der Waals surface area contributed by atoms with Crippen LogP contribution in [0.2, 0.25) is 0 Å². The van der Waals surface area contributed by atoms with Crippen molar-refractivity contribution in [2.45, 2.75) is 184 Å². The molecule has 4 aromatic rings. The number of hydrogen-bond donors (Lipinski definition) is 2. The van der Waals surface area contributed by atoms with Crippen LogP contribution in [0, 0.1) is 13.8 Å². The molecule has 2 N–H and O–H groups in total. The van der Waals surface area contributed by atoms with E-state index in [1.54, 1.807) is 0 Å². The minimum absolute atomic E-state index is 0.0697. The predicted molar refractivity (Wildman–Crippen MR) is 250 cm³/mol. The molecule has 0 spiro atoms. The molecule has 59 heavy (non-hydrogen) atoms. The van der Waals surface area contributed by atoms with Gasteiger partial charge in [0, 0.05) is 33.7 Å². The van der Waals surface area contributed by atoms with Gasteiger partial charge in [-0.1, -0.05) is 179 Å². The van der Waals surface area contributed by atoms with Crippen molar-refractivity contribution in [1.29, 1.82) is 0 Å². The number of benzene rings is 4. The Kier molecular flexibility index (Phi) is 12.0. The largest absolute Gasteiger partial charge is 0.426 e. The highest BCUT2D eigenvalue weighted by atomic mass is 31.2. The van der Waals surface area contributed by atoms with Gasteiger partial charge < -0.3 is 19.0 Å². The van der Waals surface area contributed by atoms with Gasteiger partial charge in [-0.05, 0) is 91.3 Å². The first-order valence-electron chi connectivity index (χ1n) is 21.4. The van der Waals surface area contributed by atoms with Gasteiger partial charge in [0.2, 0.25) is 0 Å². The van der Waals surface area contributed by atoms with Gasteiger partial charge in [-0.2, -0.15) is 0 Å². The molecular weight excluding hydrogens is 748 g/mol. The van der Waals surface area contributed by atoms with Crippen molar-refractivity contribution in [2.24, 2.45) is 0 Å². The molecule has 0 amide bonds. The standard InChI is InChI=1S/C53H73O5P/c1-29-24-33-31(3)34-25-30(2)27-37(51(13,14)15)40(34)42-43(47(54)57-38-23-22-32(48(4,5)6)28-35(38)49(7,8)9)41(39(33)36(26-29)50(10,11)12)44(52(16,17)18)46(58-59(55)56)45(42)53(19,20)21/h22-28,31,55-56H,1-21H3. The molecule has 0 radical (unpaired) electrons. The quantitative estimate of drug-likeness (QED) is 0.122. The van der Waals surface area contributed by atoms with Crippen LogP contribution < -0.4 is 9.26 Å². The number of hydrogen-bond acceptors (Lipinski definition) is 5. The van der Waals surface area contributed by atoms with Crippen LogP contribution in [0.25, 0.3) is 22.3 Å². The van der Waals surface area contributed by atoms with Crippen molar-refractivity contribution >= 4 is 14.6 Å². The Morgan fingerprint density at radius 3 is 1.29 bits per heavy atom. The fourth-order valence-electron chi connectivity index (χ4n) is 9.08. The number of carbonyl (C=O) groups excluding carboxylic acids is 1. The van der Waals surface area contributed by atoms with Crippen LogP contribution in [0.4, 0.5) is 0 Å². The topological polar surface area (TPSA) is 76.0 Å². The molecule has 2 bridgehead atoms. The van der Waals surface area contributed by atoms with Crippen LogP contribution in [-0.4, -0.2) is 15.8 Å². The van der Waals surface area contributed by atoms with Crippen LogP contribution >= 0.6 is 8.60 Å². The third-order valence-electron chi connectivity index (χ3n) is 11.9. The van der Waals surface area contributed by atoms with Crippen LogP contribution in [0.3, 0.4) is 0 Å². The third-order valence-corrected chi connectivity index (χ3v) is 12.2. The Morgan fingerprint density at radius 1 is 0.542 bits per heavy atom. The average molecular weight is 821 g/mol. The lowest BCUT2D eigenvalue weighted by Crippen LogP contribution is -2.29. The van der Waals surface area contributed by atoms with Crippen molar-refractivity contribution in [3.63, 3.8) is 0 Å². The minimum atomic E-state index is -2.85. The van der Waals surface area contributed by atoms with Gasteiger partial charge in [0.05, 0.1) is 5.56 Å². The molecule has 0 atom stereocenters. The second kappa shape index (κ2) is 15.1. The molecule has 0 unspecified atom stereocenters. The van der Waals surface area contributed by atoms with E-state index in [-0.39, 0.29) is 27.6 Å². The highest BCUT2D eigenvalue weighted by molar-refractivity contribution is 7.39. The van der Waals surface area contributed by atoms with Gasteiger partial charge in [0.15, 0.2) is 0 Å². The summed E-state index contributed by atoms with van der Waals surface area (Å²) in [5, 5.41) is 0. The molecule has 5 nitrogen and oxygen atoms in total. The number of aryl methyl sites for hydroxylation is 2. The van der Waals surface area contributed by atoms with E-state index in [1.807, 2.05) is 6.07 Å². The first-order chi connectivity index (χ1) is 26.6. The highest BCUT2D eigenvalue weighted by Crippen LogP contribution is 2.60. The van der Waals surface area contributed by atoms with E-state index in [4.69, 9.17) is 9.26 Å². The highest BCUT2D eigenvalue weighted by Gasteiger charge is 2.45. The Bertz CT molecular complexity index is 2190. The fourth-order valence-corrected chi connectivity index (χ4v) is 9.42. The fraction of sp³-hybridized carbons (Fsp3) is 0.528. The zero-order chi connectivity index (χ0) is 44.9. The lowest BCUT2D eigenvalue weighted by Gasteiger charge is -2.41. The van der Waals surface area contributed by atoms with Gasteiger partial charge in [0.1, 0.15) is 11.5 Å². The summed E-state index contributed by atoms with van der Waals surface area (Å²) < 4.78 is 13.3. The number of esters is 1. The van der Waals surface area contributed by atoms with E-state index in [0.717, 1.165) is 72.3 Å². The maximum atomic E-state index is 16.2. The number of carbonyl (C=O) groups is 1. The first-order valence-corrected chi connectivity index (χ1v) is 22.5. The van der Waals surface area contributed by atoms with Gasteiger partial charge in [0.25, 0.3) is 0 Å². The number of fused-ring (bicyclic) bond motifs is 6. The monoisotopic (exact) mass is 821 g/mol. The predicted octanol–water partition coefficient (Wildman–Crippen LogP) is 14.7. The molecule has 1 aliphatic rings. The second-order valence-electron chi connectivity index (χ2n) is 23.4. The summed E-state index contributed by atoms with van der Waals surface area (Å²) >= 11 is 0. The molecule has 0 heterocycles. The van der Waals surface area contributed by atoms with Gasteiger partial charge >= 0.3 is 14.6 Å². The molecule has 0 aromatic heterocycles. The van der Waals surface area contributed by atoms with E-state index in [0.29, 0.717) is 17.1 Å². The van der Waals surface area contributed by atoms with Crippen molar-refractivity contribution < 1.29 is 23.8 Å². The molecule has 0 fully saturated rings. The van der Waals surface area contributed by atoms with Crippen LogP contribution in [0.1, 0.15) is 203 Å². The zero-order valence-corrected chi connectivity index (χ0v) is 41.1. The molecule has 4 aromatic carbocycles. The van der Waals surface area contributed by atoms with Gasteiger partial charge in [-0.3, -0.25) is 0 Å². The van der Waals surface area contributed by atoms with Crippen LogP contribution in [-0.2, 0) is 32.5 Å². The summed E-state index contributed by atoms with van der Waals surface area (Å²) in [6, 6.07) is 15.4. The molecule has 6 heteroatoms. The molecule has 0 saturated carbocycles. The Hall–Kier alpha value is -3.50. The van der Waals surface area contributed by atoms with E-state index >= 15 is 4.79 Å². The molecular formula is C53H73O5P. The number of ether oxygens (including phenoxy) is 1. The lowest BCUT2D eigenvalue weighted by molar-refractivity contribution is 0.0733. The van der Waals surface area contributed by atoms with E-state index < -0.39 is 25.4 Å². The van der Waals surface area contributed by atoms with Crippen molar-refractivity contribution in [3.8, 4) is 33.8 Å². The van der Waals surface area contributed by atoms with E-state index in [1.165, 1.54) is 5.56 Å². The lowest BCUT2D eigenvalue weighted by atomic mass is 9.63. The van der Waals surface area contributed by atoms with Gasteiger partial charge in [-0.25, -0.2) is 4.79 Å². The normalized spacial score (nSPS) is 14.2. The second-order valence-corrected chi connectivity index (χ2v) is 24.1. The smallest absolute Gasteiger partial charge is 0.391 e. The summed E-state index contributed by atoms with van der Waals surface area (Å²) in [6.07, 6.45) is 0. The van der Waals surface area contributed by atoms with E-state index in [9.17, 15) is 9.79 Å². The molecule has 0 saturated heterocycles. The third kappa shape index (κ3) is 8.96. The van der Waals surface area contributed by atoms with Crippen molar-refractivity contribution in [2.75, 3.05) is 0 Å². The van der Waals surface area contributed by atoms with Crippen molar-refractivity contribution in [1.82, 2.24) is 0 Å². The van der Waals surface area contributed by atoms with E-state index in [2.05, 4.69) is 182 Å². The average Bonchev–Trinajstić information content (AvgIpc) is 3.03. The molecule has 0 aliphatic heterocycles. The van der Waals surface area contributed by atoms with Crippen LogP contribution in [0.15, 0.2) is 42.5 Å². The first kappa shape index (κ1) is 46.6. The van der Waals surface area contributed by atoms with Crippen LogP contribution in [0.5, 0.6) is 11.5 Å². The number of rotatable bonds is 4. The molecule has 1 aliphatic carbocycles. The summed E-state index contributed by atoms with van der Waals surface area (Å²) in [6.45, 7) is 45.8. The summed E-state index contributed by atoms with van der Waals surface area (Å²) in [4.78, 5) is 38.0. The SMILES string of the molecule is Cc1cc2c(c(C(C)(C)C)c1)-c1c(C(=O)Oc3ccc(C(C)(C)C)cc3C(C)(C)C)c(c(C(C)(C)C)c(OP(O)O)c1C(C)(C)C)-c1c(cc(C)cc1C(C)(C)C)C2C. The van der Waals surface area contributed by atoms with Crippen molar-refractivity contribution in [3.05, 3.63) is 104 Å². The van der Waals surface area contributed by atoms with Gasteiger partial charge in [-0.15, -0.1) is 0 Å². The Balaban J connectivity index is 2.23. The summed E-state index contributed by atoms with van der Waals surface area (Å²) in [5.74, 6) is 0.427. The molecule has 5 rings (SSSR count). The summed E-state index contributed by atoms with van der Waals surface area (Å²) in [7, 11) is -2.85.